The summed E-state index contributed by atoms with van der Waals surface area (Å²) in [6.07, 6.45) is 0.214. The Hall–Kier alpha value is -1.93. The van der Waals surface area contributed by atoms with Crippen molar-refractivity contribution in [1.29, 1.82) is 0 Å². The minimum atomic E-state index is -0.753. The van der Waals surface area contributed by atoms with Gasteiger partial charge in [0.2, 0.25) is 0 Å². The number of aliphatic hydroxyl groups excluding tert-OH is 2. The van der Waals surface area contributed by atoms with Gasteiger partial charge in [0.25, 0.3) is 0 Å². The molecule has 0 spiro atoms. The lowest BCUT2D eigenvalue weighted by molar-refractivity contribution is -0.0000135. The van der Waals surface area contributed by atoms with E-state index in [1.165, 1.54) is 24.3 Å². The van der Waals surface area contributed by atoms with E-state index < -0.39 is 12.2 Å². The largest absolute Gasteiger partial charge is 1.00 e. The lowest BCUT2D eigenvalue weighted by atomic mass is 9.98. The van der Waals surface area contributed by atoms with E-state index in [4.69, 9.17) is 9.47 Å². The molecular weight excluding hydrogens is 416 g/mol. The standard InChI is InChI=1S/C22H25F2NO4.ClH/c23-15-3-7-19-13(9-15)1-5-21(28-19)17(26)11-25-12-18(27)22-6-2-14-10-16(24)4-8-20(14)29-22;/h3-4,7-10,17-18,21-22,25-27H,1-2,5-6,11-12H2;1H/p-1. The van der Waals surface area contributed by atoms with Gasteiger partial charge in [0.05, 0.1) is 0 Å². The van der Waals surface area contributed by atoms with Crippen LogP contribution in [0.5, 0.6) is 11.5 Å². The van der Waals surface area contributed by atoms with Gasteiger partial charge < -0.3 is 37.4 Å². The van der Waals surface area contributed by atoms with Crippen LogP contribution in [0.2, 0.25) is 0 Å². The second kappa shape index (κ2) is 9.92. The van der Waals surface area contributed by atoms with Crippen LogP contribution in [0.4, 0.5) is 8.78 Å². The molecule has 0 amide bonds. The molecule has 164 valence electrons. The summed E-state index contributed by atoms with van der Waals surface area (Å²) in [5, 5.41) is 23.9. The lowest BCUT2D eigenvalue weighted by Crippen LogP contribution is -3.00. The summed E-state index contributed by atoms with van der Waals surface area (Å²) in [6, 6.07) is 8.79. The topological polar surface area (TPSA) is 71.0 Å². The van der Waals surface area contributed by atoms with Gasteiger partial charge in [0.1, 0.15) is 47.5 Å². The molecule has 4 atom stereocenters. The Bertz CT molecular complexity index is 800. The van der Waals surface area contributed by atoms with Gasteiger partial charge in [-0.05, 0) is 73.2 Å². The second-order valence-corrected chi connectivity index (χ2v) is 7.69. The summed E-state index contributed by atoms with van der Waals surface area (Å²) in [6.45, 7) is 0.513. The summed E-state index contributed by atoms with van der Waals surface area (Å²) >= 11 is 0. The van der Waals surface area contributed by atoms with Crippen LogP contribution in [-0.4, -0.2) is 47.7 Å². The molecular formula is C22H25ClF2NO4-. The summed E-state index contributed by atoms with van der Waals surface area (Å²) < 4.78 is 38.2. The van der Waals surface area contributed by atoms with Gasteiger partial charge >= 0.3 is 0 Å². The number of hydrogen-bond donors (Lipinski definition) is 3. The number of halogens is 3. The molecule has 5 nitrogen and oxygen atoms in total. The average Bonchev–Trinajstić information content (AvgIpc) is 2.72. The molecule has 2 aromatic rings. The highest BCUT2D eigenvalue weighted by Gasteiger charge is 2.29. The van der Waals surface area contributed by atoms with Crippen molar-refractivity contribution in [3.63, 3.8) is 0 Å². The molecule has 2 aliphatic rings. The summed E-state index contributed by atoms with van der Waals surface area (Å²) in [7, 11) is 0. The minimum absolute atomic E-state index is 0. The molecule has 0 saturated heterocycles. The third-order valence-corrected chi connectivity index (χ3v) is 5.56. The SMILES string of the molecule is OC(CNCC(O)C1CCc2cc(F)ccc2O1)C1CCc2cc(F)ccc2O1.[Cl-]. The number of aliphatic hydroxyl groups is 2. The van der Waals surface area contributed by atoms with Crippen molar-refractivity contribution in [3.8, 4) is 11.5 Å². The number of ether oxygens (including phenoxy) is 2. The van der Waals surface area contributed by atoms with Gasteiger partial charge in [-0.2, -0.15) is 0 Å². The van der Waals surface area contributed by atoms with E-state index in [0.29, 0.717) is 37.2 Å². The van der Waals surface area contributed by atoms with Crippen LogP contribution in [0, 0.1) is 11.6 Å². The molecule has 4 unspecified atom stereocenters. The highest BCUT2D eigenvalue weighted by Crippen LogP contribution is 2.30. The minimum Gasteiger partial charge on any atom is -1.00 e. The van der Waals surface area contributed by atoms with Gasteiger partial charge in [0.15, 0.2) is 0 Å². The average molecular weight is 441 g/mol. The normalized spacial score (nSPS) is 21.9. The first-order valence-electron chi connectivity index (χ1n) is 9.96. The monoisotopic (exact) mass is 440 g/mol. The molecule has 0 radical (unpaired) electrons. The van der Waals surface area contributed by atoms with E-state index in [0.717, 1.165) is 11.1 Å². The Morgan fingerprint density at radius 3 is 1.70 bits per heavy atom. The molecule has 0 aromatic heterocycles. The van der Waals surface area contributed by atoms with Crippen LogP contribution in [0.25, 0.3) is 0 Å². The van der Waals surface area contributed by atoms with Crippen molar-refractivity contribution >= 4 is 0 Å². The fourth-order valence-corrected chi connectivity index (χ4v) is 3.94. The number of nitrogens with one attached hydrogen (secondary N) is 1. The maximum absolute atomic E-state index is 13.3. The third-order valence-electron chi connectivity index (χ3n) is 5.56. The van der Waals surface area contributed by atoms with E-state index >= 15 is 0 Å². The molecule has 3 N–H and O–H groups in total. The van der Waals surface area contributed by atoms with Crippen molar-refractivity contribution in [2.45, 2.75) is 50.1 Å². The van der Waals surface area contributed by atoms with Crippen LogP contribution in [0.1, 0.15) is 24.0 Å². The maximum Gasteiger partial charge on any atom is 0.126 e. The summed E-state index contributed by atoms with van der Waals surface area (Å²) in [4.78, 5) is 0. The van der Waals surface area contributed by atoms with Crippen LogP contribution in [-0.2, 0) is 12.8 Å². The molecule has 4 rings (SSSR count). The highest BCUT2D eigenvalue weighted by atomic mass is 35.5. The number of aryl methyl sites for hydroxylation is 2. The van der Waals surface area contributed by atoms with E-state index in [-0.39, 0.29) is 49.3 Å². The maximum atomic E-state index is 13.3. The van der Waals surface area contributed by atoms with Crippen LogP contribution < -0.4 is 27.2 Å². The number of rotatable bonds is 6. The quantitative estimate of drug-likeness (QED) is 0.558. The fourth-order valence-electron chi connectivity index (χ4n) is 3.94. The number of fused-ring (bicyclic) bond motifs is 2. The first-order valence-corrected chi connectivity index (χ1v) is 9.96. The van der Waals surface area contributed by atoms with Gasteiger partial charge in [0, 0.05) is 13.1 Å². The lowest BCUT2D eigenvalue weighted by Gasteiger charge is -2.31. The molecule has 0 aliphatic carbocycles. The van der Waals surface area contributed by atoms with E-state index in [1.54, 1.807) is 12.1 Å². The first kappa shape index (κ1) is 22.7. The van der Waals surface area contributed by atoms with Crippen molar-refractivity contribution in [3.05, 3.63) is 59.2 Å². The molecule has 0 bridgehead atoms. The Kier molecular flexibility index (Phi) is 7.52. The van der Waals surface area contributed by atoms with Gasteiger partial charge in [-0.25, -0.2) is 8.78 Å². The number of benzene rings is 2. The number of hydrogen-bond acceptors (Lipinski definition) is 5. The Balaban J connectivity index is 0.00000256. The zero-order valence-corrected chi connectivity index (χ0v) is 17.1. The Morgan fingerprint density at radius 1 is 0.833 bits per heavy atom. The van der Waals surface area contributed by atoms with Crippen molar-refractivity contribution < 1.29 is 40.9 Å². The fraction of sp³-hybridized carbons (Fsp3) is 0.455. The second-order valence-electron chi connectivity index (χ2n) is 7.69. The zero-order valence-electron chi connectivity index (χ0n) is 16.4. The molecule has 0 saturated carbocycles. The van der Waals surface area contributed by atoms with E-state index in [1.807, 2.05) is 0 Å². The first-order chi connectivity index (χ1) is 14.0. The van der Waals surface area contributed by atoms with Crippen LogP contribution >= 0.6 is 0 Å². The van der Waals surface area contributed by atoms with E-state index in [9.17, 15) is 19.0 Å². The molecule has 30 heavy (non-hydrogen) atoms. The molecule has 2 aromatic carbocycles. The predicted octanol–water partition coefficient (Wildman–Crippen LogP) is -0.632. The molecule has 0 fully saturated rings. The van der Waals surface area contributed by atoms with Crippen molar-refractivity contribution in [2.24, 2.45) is 0 Å². The Labute approximate surface area is 180 Å². The smallest absolute Gasteiger partial charge is 0.126 e. The van der Waals surface area contributed by atoms with Gasteiger partial charge in [-0.15, -0.1) is 0 Å². The summed E-state index contributed by atoms with van der Waals surface area (Å²) in [5.74, 6) is 0.624. The molecule has 8 heteroatoms. The van der Waals surface area contributed by atoms with Gasteiger partial charge in [-0.3, -0.25) is 0 Å². The van der Waals surface area contributed by atoms with Crippen molar-refractivity contribution in [1.82, 2.24) is 5.32 Å². The Morgan fingerprint density at radius 2 is 1.27 bits per heavy atom. The van der Waals surface area contributed by atoms with Crippen molar-refractivity contribution in [2.75, 3.05) is 13.1 Å². The predicted molar refractivity (Wildman–Crippen MR) is 103 cm³/mol. The van der Waals surface area contributed by atoms with E-state index in [2.05, 4.69) is 5.32 Å². The van der Waals surface area contributed by atoms with Gasteiger partial charge in [-0.1, -0.05) is 0 Å². The molecule has 2 aliphatic heterocycles. The highest BCUT2D eigenvalue weighted by molar-refractivity contribution is 5.36. The van der Waals surface area contributed by atoms with Crippen LogP contribution in [0.15, 0.2) is 36.4 Å². The molecule has 2 heterocycles. The third kappa shape index (κ3) is 5.21. The summed E-state index contributed by atoms with van der Waals surface area (Å²) in [5.41, 5.74) is 1.62. The zero-order chi connectivity index (χ0) is 20.4. The van der Waals surface area contributed by atoms with Crippen LogP contribution in [0.3, 0.4) is 0 Å².